The second-order valence-corrected chi connectivity index (χ2v) is 6.70. The van der Waals surface area contributed by atoms with Crippen molar-refractivity contribution in [1.82, 2.24) is 14.8 Å². The molecule has 0 N–H and O–H groups in total. The Hall–Kier alpha value is -1.49. The van der Waals surface area contributed by atoms with E-state index >= 15 is 0 Å². The maximum Gasteiger partial charge on any atom is 0.136 e. The van der Waals surface area contributed by atoms with Crippen molar-refractivity contribution < 1.29 is 0 Å². The first kappa shape index (κ1) is 13.5. The van der Waals surface area contributed by atoms with Gasteiger partial charge in [-0.25, -0.2) is 0 Å². The summed E-state index contributed by atoms with van der Waals surface area (Å²) < 4.78 is 2.94. The van der Waals surface area contributed by atoms with E-state index in [4.69, 9.17) is 4.99 Å². The average molecular weight is 333 g/mol. The summed E-state index contributed by atoms with van der Waals surface area (Å²) in [6.07, 6.45) is 3.62. The van der Waals surface area contributed by atoms with Gasteiger partial charge in [0.05, 0.1) is 24.5 Å². The maximum atomic E-state index is 4.76. The van der Waals surface area contributed by atoms with Crippen LogP contribution in [0.3, 0.4) is 0 Å². The van der Waals surface area contributed by atoms with E-state index in [0.29, 0.717) is 0 Å². The van der Waals surface area contributed by atoms with E-state index in [1.165, 1.54) is 0 Å². The van der Waals surface area contributed by atoms with E-state index in [1.54, 1.807) is 0 Å². The van der Waals surface area contributed by atoms with E-state index < -0.39 is 0 Å². The van der Waals surface area contributed by atoms with Crippen LogP contribution in [0.15, 0.2) is 34.1 Å². The van der Waals surface area contributed by atoms with Gasteiger partial charge in [0.2, 0.25) is 0 Å². The molecule has 0 aliphatic carbocycles. The fraction of sp³-hybridized carbons (Fsp3) is 0.400. The fourth-order valence-electron chi connectivity index (χ4n) is 2.53. The molecular formula is C15H17BrN4. The molecule has 0 radical (unpaired) electrons. The number of hydrogen-bond acceptors (Lipinski definition) is 3. The molecule has 0 spiro atoms. The van der Waals surface area contributed by atoms with Crippen LogP contribution in [0.1, 0.15) is 26.5 Å². The number of aromatic nitrogens is 3. The van der Waals surface area contributed by atoms with Crippen LogP contribution in [0, 0.1) is 5.41 Å². The van der Waals surface area contributed by atoms with Crippen molar-refractivity contribution in [2.75, 3.05) is 6.54 Å². The van der Waals surface area contributed by atoms with E-state index in [9.17, 15) is 0 Å². The second-order valence-electron chi connectivity index (χ2n) is 5.95. The third-order valence-electron chi connectivity index (χ3n) is 3.40. The Labute approximate surface area is 127 Å². The molecule has 0 unspecified atom stereocenters. The van der Waals surface area contributed by atoms with Gasteiger partial charge in [-0.15, -0.1) is 0 Å². The van der Waals surface area contributed by atoms with Crippen molar-refractivity contribution in [3.05, 3.63) is 34.8 Å². The summed E-state index contributed by atoms with van der Waals surface area (Å²) in [4.78, 5) is 8.85. The van der Waals surface area contributed by atoms with Crippen molar-refractivity contribution in [3.63, 3.8) is 0 Å². The van der Waals surface area contributed by atoms with E-state index in [-0.39, 0.29) is 5.41 Å². The molecule has 2 aromatic rings. The van der Waals surface area contributed by atoms with E-state index in [2.05, 4.69) is 51.5 Å². The van der Waals surface area contributed by atoms with Gasteiger partial charge in [0.1, 0.15) is 4.60 Å². The lowest BCUT2D eigenvalue weighted by atomic mass is 9.85. The van der Waals surface area contributed by atoms with Crippen LogP contribution < -0.4 is 0 Å². The number of hydrogen-bond donors (Lipinski definition) is 0. The van der Waals surface area contributed by atoms with Gasteiger partial charge in [0.25, 0.3) is 0 Å². The van der Waals surface area contributed by atoms with Crippen LogP contribution in [-0.2, 0) is 6.54 Å². The third-order valence-corrected chi connectivity index (χ3v) is 3.95. The Morgan fingerprint density at radius 1 is 1.20 bits per heavy atom. The molecule has 3 heterocycles. The molecular weight excluding hydrogens is 316 g/mol. The van der Waals surface area contributed by atoms with Crippen LogP contribution in [0.25, 0.3) is 11.1 Å². The Morgan fingerprint density at radius 2 is 1.90 bits per heavy atom. The summed E-state index contributed by atoms with van der Waals surface area (Å²) in [7, 11) is 0. The number of aliphatic imine (C=N–C) groups is 1. The smallest absolute Gasteiger partial charge is 0.136 e. The first-order chi connectivity index (χ1) is 9.48. The molecule has 0 saturated heterocycles. The van der Waals surface area contributed by atoms with Crippen LogP contribution >= 0.6 is 15.9 Å². The van der Waals surface area contributed by atoms with Crippen LogP contribution in [0.4, 0.5) is 0 Å². The summed E-state index contributed by atoms with van der Waals surface area (Å²) in [5.74, 6) is 0. The normalized spacial score (nSPS) is 14.9. The Balaban J connectivity index is 2.25. The second kappa shape index (κ2) is 4.81. The monoisotopic (exact) mass is 332 g/mol. The Morgan fingerprint density at radius 3 is 2.55 bits per heavy atom. The van der Waals surface area contributed by atoms with Gasteiger partial charge in [-0.1, -0.05) is 20.8 Å². The van der Waals surface area contributed by atoms with E-state index in [0.717, 1.165) is 40.2 Å². The zero-order chi connectivity index (χ0) is 14.3. The first-order valence-electron chi connectivity index (χ1n) is 6.70. The van der Waals surface area contributed by atoms with Gasteiger partial charge < -0.3 is 0 Å². The van der Waals surface area contributed by atoms with Gasteiger partial charge in [-0.3, -0.25) is 14.7 Å². The van der Waals surface area contributed by atoms with Crippen molar-refractivity contribution in [2.24, 2.45) is 10.4 Å². The highest BCUT2D eigenvalue weighted by atomic mass is 79.9. The van der Waals surface area contributed by atoms with Gasteiger partial charge >= 0.3 is 0 Å². The zero-order valence-electron chi connectivity index (χ0n) is 11.9. The molecule has 0 aromatic carbocycles. The summed E-state index contributed by atoms with van der Waals surface area (Å²) in [6, 6.07) is 4.02. The van der Waals surface area contributed by atoms with Crippen molar-refractivity contribution in [3.8, 4) is 11.1 Å². The third kappa shape index (κ3) is 2.20. The minimum Gasteiger partial charge on any atom is -0.285 e. The molecule has 3 rings (SSSR count). The Kier molecular flexibility index (Phi) is 3.24. The van der Waals surface area contributed by atoms with Gasteiger partial charge in [-0.05, 0) is 33.6 Å². The van der Waals surface area contributed by atoms with Crippen molar-refractivity contribution in [2.45, 2.75) is 27.3 Å². The van der Waals surface area contributed by atoms with Crippen LogP contribution in [0.2, 0.25) is 0 Å². The quantitative estimate of drug-likeness (QED) is 0.801. The molecule has 1 aliphatic rings. The lowest BCUT2D eigenvalue weighted by molar-refractivity contribution is 0.544. The number of nitrogens with zero attached hydrogens (tertiary/aromatic N) is 4. The molecule has 0 bridgehead atoms. The molecule has 0 fully saturated rings. The van der Waals surface area contributed by atoms with Crippen LogP contribution in [-0.4, -0.2) is 27.0 Å². The molecule has 1 aliphatic heterocycles. The molecule has 20 heavy (non-hydrogen) atoms. The van der Waals surface area contributed by atoms with Crippen LogP contribution in [0.5, 0.6) is 0 Å². The summed E-state index contributed by atoms with van der Waals surface area (Å²) in [5.41, 5.74) is 4.47. The SMILES string of the molecule is CC(C)(C)C1=NCCn2nc(Br)c(-c3ccncc3)c21. The number of rotatable bonds is 1. The number of fused-ring (bicyclic) bond motifs is 1. The molecule has 0 atom stereocenters. The molecule has 5 heteroatoms. The van der Waals surface area contributed by atoms with Gasteiger partial charge in [0.15, 0.2) is 0 Å². The average Bonchev–Trinajstić information content (AvgIpc) is 2.74. The number of halogens is 1. The Bertz CT molecular complexity index is 665. The highest BCUT2D eigenvalue weighted by molar-refractivity contribution is 9.10. The number of pyridine rings is 1. The van der Waals surface area contributed by atoms with Crippen molar-refractivity contribution in [1.29, 1.82) is 0 Å². The lowest BCUT2D eigenvalue weighted by Crippen LogP contribution is -2.29. The lowest BCUT2D eigenvalue weighted by Gasteiger charge is -2.26. The predicted octanol–water partition coefficient (Wildman–Crippen LogP) is 3.56. The highest BCUT2D eigenvalue weighted by Gasteiger charge is 2.31. The summed E-state index contributed by atoms with van der Waals surface area (Å²) in [5, 5.41) is 4.62. The van der Waals surface area contributed by atoms with E-state index in [1.807, 2.05) is 24.5 Å². The fourth-order valence-corrected chi connectivity index (χ4v) is 3.14. The van der Waals surface area contributed by atoms with Gasteiger partial charge in [-0.2, -0.15) is 5.10 Å². The standard InChI is InChI=1S/C15H17BrN4/c1-15(2,3)13-12-11(10-4-6-17-7-5-10)14(16)19-20(12)9-8-18-13/h4-7H,8-9H2,1-3H3. The predicted molar refractivity (Wildman–Crippen MR) is 84.0 cm³/mol. The van der Waals surface area contributed by atoms with Gasteiger partial charge in [0, 0.05) is 23.4 Å². The summed E-state index contributed by atoms with van der Waals surface area (Å²) >= 11 is 3.60. The molecule has 0 amide bonds. The topological polar surface area (TPSA) is 43.1 Å². The highest BCUT2D eigenvalue weighted by Crippen LogP contribution is 2.36. The molecule has 4 nitrogen and oxygen atoms in total. The minimum absolute atomic E-state index is 0.000572. The zero-order valence-corrected chi connectivity index (χ0v) is 13.5. The maximum absolute atomic E-state index is 4.76. The molecule has 0 saturated carbocycles. The largest absolute Gasteiger partial charge is 0.285 e. The molecule has 2 aromatic heterocycles. The van der Waals surface area contributed by atoms with Crippen molar-refractivity contribution >= 4 is 21.6 Å². The first-order valence-corrected chi connectivity index (χ1v) is 7.50. The minimum atomic E-state index is -0.000572. The molecule has 104 valence electrons. The summed E-state index contributed by atoms with van der Waals surface area (Å²) in [6.45, 7) is 8.21.